The number of hydrogen-bond acceptors (Lipinski definition) is 7. The first kappa shape index (κ1) is 21.7. The van der Waals surface area contributed by atoms with Gasteiger partial charge in [0.1, 0.15) is 6.33 Å². The quantitative estimate of drug-likeness (QED) is 0.552. The van der Waals surface area contributed by atoms with Gasteiger partial charge in [-0.2, -0.15) is 4.98 Å². The average molecular weight is 433 g/mol. The second-order valence-electron chi connectivity index (χ2n) is 7.70. The summed E-state index contributed by atoms with van der Waals surface area (Å²) < 4.78 is 6.08. The Hall–Kier alpha value is -3.52. The average Bonchev–Trinajstić information content (AvgIpc) is 2.84. The van der Waals surface area contributed by atoms with E-state index < -0.39 is 0 Å². The molecule has 4 rings (SSSR count). The van der Waals surface area contributed by atoms with Gasteiger partial charge in [-0.25, -0.2) is 9.97 Å². The number of rotatable bonds is 8. The maximum atomic E-state index is 11.6. The maximum absolute atomic E-state index is 11.6. The number of nitrogens with zero attached hydrogens (tertiary/aromatic N) is 4. The summed E-state index contributed by atoms with van der Waals surface area (Å²) in [6.45, 7) is 4.13. The van der Waals surface area contributed by atoms with Crippen LogP contribution in [-0.4, -0.2) is 40.1 Å². The van der Waals surface area contributed by atoms with E-state index in [0.29, 0.717) is 24.9 Å². The van der Waals surface area contributed by atoms with Crippen LogP contribution in [0.1, 0.15) is 31.7 Å². The molecule has 2 aromatic carbocycles. The van der Waals surface area contributed by atoms with Gasteiger partial charge in [0.05, 0.1) is 12.7 Å². The molecule has 1 saturated heterocycles. The monoisotopic (exact) mass is 432 g/mol. The molecule has 1 fully saturated rings. The van der Waals surface area contributed by atoms with Crippen LogP contribution in [0.3, 0.4) is 0 Å². The van der Waals surface area contributed by atoms with E-state index in [4.69, 9.17) is 4.74 Å². The summed E-state index contributed by atoms with van der Waals surface area (Å²) in [5.41, 5.74) is 2.72. The van der Waals surface area contributed by atoms with Gasteiger partial charge in [0, 0.05) is 30.9 Å². The summed E-state index contributed by atoms with van der Waals surface area (Å²) in [7, 11) is 0. The number of piperidine rings is 1. The van der Waals surface area contributed by atoms with Gasteiger partial charge in [-0.15, -0.1) is 0 Å². The lowest BCUT2D eigenvalue weighted by molar-refractivity contribution is -0.115. The number of aromatic nitrogens is 3. The van der Waals surface area contributed by atoms with Crippen molar-refractivity contribution < 1.29 is 9.53 Å². The van der Waals surface area contributed by atoms with E-state index in [-0.39, 0.29) is 12.0 Å². The number of carbonyl (C=O) groups excluding carboxylic acids is 1. The third kappa shape index (κ3) is 6.01. The smallest absolute Gasteiger partial charge is 0.231 e. The van der Waals surface area contributed by atoms with Gasteiger partial charge in [-0.3, -0.25) is 4.79 Å². The van der Waals surface area contributed by atoms with Crippen molar-refractivity contribution in [3.05, 3.63) is 66.5 Å². The first-order chi connectivity index (χ1) is 15.7. The SMILES string of the molecule is CCC(=O)Nc1cccc(Nc2ncnc(N3CCC(OCc4ccccc4)CC3)n2)c1. The predicted octanol–water partition coefficient (Wildman–Crippen LogP) is 4.15. The Morgan fingerprint density at radius 3 is 2.62 bits per heavy atom. The molecule has 0 spiro atoms. The molecule has 0 atom stereocenters. The molecule has 0 bridgehead atoms. The number of benzene rings is 2. The van der Waals surface area contributed by atoms with Crippen molar-refractivity contribution >= 4 is 29.2 Å². The molecular weight excluding hydrogens is 404 g/mol. The molecule has 0 radical (unpaired) electrons. The summed E-state index contributed by atoms with van der Waals surface area (Å²) in [6.07, 6.45) is 4.06. The lowest BCUT2D eigenvalue weighted by atomic mass is 10.1. The number of nitrogens with one attached hydrogen (secondary N) is 2. The summed E-state index contributed by atoms with van der Waals surface area (Å²) in [6, 6.07) is 17.7. The highest BCUT2D eigenvalue weighted by atomic mass is 16.5. The fraction of sp³-hybridized carbons (Fsp3) is 0.333. The van der Waals surface area contributed by atoms with Crippen molar-refractivity contribution in [2.24, 2.45) is 0 Å². The van der Waals surface area contributed by atoms with Crippen LogP contribution in [0.4, 0.5) is 23.3 Å². The first-order valence-electron chi connectivity index (χ1n) is 11.0. The van der Waals surface area contributed by atoms with E-state index in [1.165, 1.54) is 11.9 Å². The molecule has 3 aromatic rings. The largest absolute Gasteiger partial charge is 0.373 e. The molecule has 0 aliphatic carbocycles. The van der Waals surface area contributed by atoms with Crippen molar-refractivity contribution in [3.63, 3.8) is 0 Å². The lowest BCUT2D eigenvalue weighted by Gasteiger charge is -2.31. The van der Waals surface area contributed by atoms with Crippen molar-refractivity contribution in [1.82, 2.24) is 15.0 Å². The Kier molecular flexibility index (Phi) is 7.24. The van der Waals surface area contributed by atoms with Crippen molar-refractivity contribution in [1.29, 1.82) is 0 Å². The zero-order valence-electron chi connectivity index (χ0n) is 18.2. The third-order valence-electron chi connectivity index (χ3n) is 5.34. The van der Waals surface area contributed by atoms with Crippen molar-refractivity contribution in [2.75, 3.05) is 28.6 Å². The molecule has 1 amide bonds. The number of ether oxygens (including phenoxy) is 1. The van der Waals surface area contributed by atoms with Gasteiger partial charge < -0.3 is 20.3 Å². The number of amides is 1. The highest BCUT2D eigenvalue weighted by Gasteiger charge is 2.22. The minimum atomic E-state index is -0.0271. The summed E-state index contributed by atoms with van der Waals surface area (Å²) in [4.78, 5) is 27.0. The molecule has 1 aliphatic heterocycles. The van der Waals surface area contributed by atoms with Crippen molar-refractivity contribution in [2.45, 2.75) is 38.9 Å². The van der Waals surface area contributed by atoms with Gasteiger partial charge in [0.25, 0.3) is 0 Å². The second-order valence-corrected chi connectivity index (χ2v) is 7.70. The summed E-state index contributed by atoms with van der Waals surface area (Å²) in [5.74, 6) is 1.09. The van der Waals surface area contributed by atoms with Gasteiger partial charge >= 0.3 is 0 Å². The Labute approximate surface area is 188 Å². The second kappa shape index (κ2) is 10.7. The van der Waals surface area contributed by atoms with E-state index in [2.05, 4.69) is 42.6 Å². The third-order valence-corrected chi connectivity index (χ3v) is 5.34. The first-order valence-corrected chi connectivity index (χ1v) is 11.0. The minimum absolute atomic E-state index is 0.0271. The molecule has 166 valence electrons. The van der Waals surface area contributed by atoms with Crippen LogP contribution in [0.2, 0.25) is 0 Å². The Morgan fingerprint density at radius 1 is 1.06 bits per heavy atom. The zero-order chi connectivity index (χ0) is 22.2. The summed E-state index contributed by atoms with van der Waals surface area (Å²) >= 11 is 0. The van der Waals surface area contributed by atoms with E-state index in [1.807, 2.05) is 49.4 Å². The highest BCUT2D eigenvalue weighted by Crippen LogP contribution is 2.22. The number of carbonyl (C=O) groups is 1. The molecule has 8 nitrogen and oxygen atoms in total. The zero-order valence-corrected chi connectivity index (χ0v) is 18.2. The normalized spacial score (nSPS) is 14.2. The van der Waals surface area contributed by atoms with Gasteiger partial charge in [-0.1, -0.05) is 43.3 Å². The van der Waals surface area contributed by atoms with Crippen LogP contribution < -0.4 is 15.5 Å². The maximum Gasteiger partial charge on any atom is 0.231 e. The Bertz CT molecular complexity index is 1020. The van der Waals surface area contributed by atoms with Crippen LogP contribution in [0.15, 0.2) is 60.9 Å². The lowest BCUT2D eigenvalue weighted by Crippen LogP contribution is -2.38. The van der Waals surface area contributed by atoms with E-state index in [1.54, 1.807) is 0 Å². The minimum Gasteiger partial charge on any atom is -0.373 e. The van der Waals surface area contributed by atoms with E-state index in [0.717, 1.165) is 37.3 Å². The van der Waals surface area contributed by atoms with E-state index >= 15 is 0 Å². The predicted molar refractivity (Wildman–Crippen MR) is 125 cm³/mol. The Morgan fingerprint density at radius 2 is 1.84 bits per heavy atom. The van der Waals surface area contributed by atoms with Crippen LogP contribution in [-0.2, 0) is 16.1 Å². The Balaban J connectivity index is 1.32. The molecule has 8 heteroatoms. The molecular formula is C24H28N6O2. The van der Waals surface area contributed by atoms with Crippen LogP contribution >= 0.6 is 0 Å². The van der Waals surface area contributed by atoms with Crippen LogP contribution in [0, 0.1) is 0 Å². The topological polar surface area (TPSA) is 92.3 Å². The van der Waals surface area contributed by atoms with Gasteiger partial charge in [0.2, 0.25) is 17.8 Å². The highest BCUT2D eigenvalue weighted by molar-refractivity contribution is 5.91. The fourth-order valence-corrected chi connectivity index (χ4v) is 3.56. The van der Waals surface area contributed by atoms with Crippen molar-refractivity contribution in [3.8, 4) is 0 Å². The van der Waals surface area contributed by atoms with Crippen LogP contribution in [0.5, 0.6) is 0 Å². The molecule has 0 saturated carbocycles. The van der Waals surface area contributed by atoms with Crippen LogP contribution in [0.25, 0.3) is 0 Å². The fourth-order valence-electron chi connectivity index (χ4n) is 3.56. The molecule has 1 aromatic heterocycles. The summed E-state index contributed by atoms with van der Waals surface area (Å²) in [5, 5.41) is 6.05. The molecule has 2 heterocycles. The standard InChI is InChI=1S/C24H28N6O2/c1-2-22(31)27-19-9-6-10-20(15-19)28-23-25-17-26-24(29-23)30-13-11-21(12-14-30)32-16-18-7-4-3-5-8-18/h3-10,15,17,21H,2,11-14,16H2,1H3,(H,27,31)(H,25,26,28,29). The molecule has 1 aliphatic rings. The molecule has 32 heavy (non-hydrogen) atoms. The van der Waals surface area contributed by atoms with Gasteiger partial charge in [-0.05, 0) is 36.6 Å². The number of anilines is 4. The molecule has 2 N–H and O–H groups in total. The number of hydrogen-bond donors (Lipinski definition) is 2. The van der Waals surface area contributed by atoms with Gasteiger partial charge in [0.15, 0.2) is 0 Å². The van der Waals surface area contributed by atoms with E-state index in [9.17, 15) is 4.79 Å². The molecule has 0 unspecified atom stereocenters.